The van der Waals surface area contributed by atoms with Crippen LogP contribution in [-0.4, -0.2) is 16.0 Å². The molecule has 2 atom stereocenters. The fourth-order valence-corrected chi connectivity index (χ4v) is 4.47. The van der Waals surface area contributed by atoms with Gasteiger partial charge in [0.2, 0.25) is 0 Å². The van der Waals surface area contributed by atoms with E-state index in [1.807, 2.05) is 0 Å². The zero-order valence-corrected chi connectivity index (χ0v) is 11.2. The molecule has 0 radical (unpaired) electrons. The average Bonchev–Trinajstić information content (AvgIpc) is 2.29. The van der Waals surface area contributed by atoms with Crippen molar-refractivity contribution in [2.24, 2.45) is 0 Å². The molecule has 0 amide bonds. The van der Waals surface area contributed by atoms with Crippen molar-refractivity contribution < 1.29 is 18.7 Å². The van der Waals surface area contributed by atoms with Crippen LogP contribution in [0.3, 0.4) is 0 Å². The van der Waals surface area contributed by atoms with E-state index in [1.165, 1.54) is 0 Å². The standard InChI is InChI=1S/C13H18FO3P/c1-10-6-2-3-7-11(10)13(18(15,16)17)9-5-4-8-12(13)14/h2-3,6-7,12H,4-5,8-9H2,1H3,(H2,15,16,17). The topological polar surface area (TPSA) is 57.5 Å². The largest absolute Gasteiger partial charge is 0.338 e. The van der Waals surface area contributed by atoms with E-state index in [1.54, 1.807) is 31.2 Å². The van der Waals surface area contributed by atoms with Gasteiger partial charge < -0.3 is 9.79 Å². The molecule has 5 heteroatoms. The van der Waals surface area contributed by atoms with Crippen LogP contribution in [0.25, 0.3) is 0 Å². The number of hydrogen-bond acceptors (Lipinski definition) is 1. The molecule has 3 nitrogen and oxygen atoms in total. The fraction of sp³-hybridized carbons (Fsp3) is 0.538. The highest BCUT2D eigenvalue weighted by Crippen LogP contribution is 2.64. The maximum atomic E-state index is 14.4. The van der Waals surface area contributed by atoms with Crippen molar-refractivity contribution in [2.75, 3.05) is 0 Å². The van der Waals surface area contributed by atoms with Gasteiger partial charge in [-0.3, -0.25) is 4.57 Å². The van der Waals surface area contributed by atoms with Crippen molar-refractivity contribution in [1.82, 2.24) is 0 Å². The summed E-state index contributed by atoms with van der Waals surface area (Å²) in [7, 11) is -4.55. The first-order valence-electron chi connectivity index (χ1n) is 6.15. The summed E-state index contributed by atoms with van der Waals surface area (Å²) in [5.41, 5.74) is 1.20. The minimum Gasteiger partial charge on any atom is -0.324 e. The third-order valence-corrected chi connectivity index (χ3v) is 5.70. The first-order valence-corrected chi connectivity index (χ1v) is 7.76. The molecule has 0 aromatic heterocycles. The first-order chi connectivity index (χ1) is 8.39. The molecule has 0 heterocycles. The highest BCUT2D eigenvalue weighted by atomic mass is 31.2. The Morgan fingerprint density at radius 2 is 2.00 bits per heavy atom. The molecule has 2 rings (SSSR count). The van der Waals surface area contributed by atoms with Gasteiger partial charge in [0.25, 0.3) is 0 Å². The molecular formula is C13H18FO3P. The van der Waals surface area contributed by atoms with Crippen LogP contribution in [0.15, 0.2) is 24.3 Å². The van der Waals surface area contributed by atoms with Gasteiger partial charge >= 0.3 is 7.60 Å². The van der Waals surface area contributed by atoms with Crippen molar-refractivity contribution in [3.8, 4) is 0 Å². The monoisotopic (exact) mass is 272 g/mol. The van der Waals surface area contributed by atoms with Crippen molar-refractivity contribution in [3.63, 3.8) is 0 Å². The fourth-order valence-electron chi connectivity index (χ4n) is 2.96. The van der Waals surface area contributed by atoms with E-state index >= 15 is 0 Å². The summed E-state index contributed by atoms with van der Waals surface area (Å²) in [5.74, 6) is 0. The highest BCUT2D eigenvalue weighted by Gasteiger charge is 2.56. The molecule has 1 aromatic rings. The Kier molecular flexibility index (Phi) is 3.63. The lowest BCUT2D eigenvalue weighted by atomic mass is 9.80. The van der Waals surface area contributed by atoms with Crippen LogP contribution in [0.1, 0.15) is 36.8 Å². The predicted octanol–water partition coefficient (Wildman–Crippen LogP) is 3.28. The molecule has 1 fully saturated rings. The molecule has 1 aliphatic carbocycles. The lowest BCUT2D eigenvalue weighted by Crippen LogP contribution is -2.40. The van der Waals surface area contributed by atoms with Gasteiger partial charge in [0.1, 0.15) is 11.3 Å². The van der Waals surface area contributed by atoms with Gasteiger partial charge in [-0.1, -0.05) is 37.1 Å². The van der Waals surface area contributed by atoms with Crippen LogP contribution in [0.5, 0.6) is 0 Å². The second-order valence-corrected chi connectivity index (χ2v) is 6.88. The van der Waals surface area contributed by atoms with Gasteiger partial charge in [-0.05, 0) is 30.9 Å². The Hall–Kier alpha value is -0.700. The molecule has 1 saturated carbocycles. The van der Waals surface area contributed by atoms with E-state index in [0.717, 1.165) is 5.56 Å². The molecule has 100 valence electrons. The van der Waals surface area contributed by atoms with Crippen molar-refractivity contribution in [1.29, 1.82) is 0 Å². The lowest BCUT2D eigenvalue weighted by Gasteiger charge is -2.41. The van der Waals surface area contributed by atoms with Crippen LogP contribution < -0.4 is 0 Å². The van der Waals surface area contributed by atoms with E-state index in [-0.39, 0.29) is 12.8 Å². The lowest BCUT2D eigenvalue weighted by molar-refractivity contribution is 0.155. The molecule has 0 saturated heterocycles. The maximum absolute atomic E-state index is 14.4. The summed E-state index contributed by atoms with van der Waals surface area (Å²) in [6.45, 7) is 1.77. The molecule has 0 spiro atoms. The quantitative estimate of drug-likeness (QED) is 0.812. The summed E-state index contributed by atoms with van der Waals surface area (Å²) in [5, 5.41) is -1.64. The Bertz CT molecular complexity index is 485. The zero-order chi connectivity index (χ0) is 13.4. The summed E-state index contributed by atoms with van der Waals surface area (Å²) < 4.78 is 26.3. The number of alkyl halides is 1. The molecule has 2 N–H and O–H groups in total. The summed E-state index contributed by atoms with van der Waals surface area (Å²) in [6, 6.07) is 6.92. The number of rotatable bonds is 2. The molecular weight excluding hydrogens is 254 g/mol. The second kappa shape index (κ2) is 4.76. The first kappa shape index (κ1) is 13.7. The summed E-state index contributed by atoms with van der Waals surface area (Å²) in [4.78, 5) is 19.4. The molecule has 1 aromatic carbocycles. The molecule has 1 aliphatic rings. The Labute approximate surface area is 106 Å². The second-order valence-electron chi connectivity index (χ2n) is 5.00. The van der Waals surface area contributed by atoms with Crippen molar-refractivity contribution in [2.45, 2.75) is 43.9 Å². The molecule has 0 bridgehead atoms. The SMILES string of the molecule is Cc1ccccc1C1(P(=O)(O)O)CCCCC1F. The number of aryl methyl sites for hydroxylation is 1. The van der Waals surface area contributed by atoms with Crippen molar-refractivity contribution in [3.05, 3.63) is 35.4 Å². The van der Waals surface area contributed by atoms with Gasteiger partial charge in [0.15, 0.2) is 0 Å². The minimum atomic E-state index is -4.55. The Morgan fingerprint density at radius 3 is 2.56 bits per heavy atom. The number of halogens is 1. The van der Waals surface area contributed by atoms with E-state index in [9.17, 15) is 18.7 Å². The molecule has 2 unspecified atom stereocenters. The highest BCUT2D eigenvalue weighted by molar-refractivity contribution is 7.53. The van der Waals surface area contributed by atoms with Crippen LogP contribution in [0, 0.1) is 6.92 Å². The van der Waals surface area contributed by atoms with Crippen LogP contribution >= 0.6 is 7.60 Å². The van der Waals surface area contributed by atoms with E-state index in [0.29, 0.717) is 18.4 Å². The van der Waals surface area contributed by atoms with E-state index < -0.39 is 18.9 Å². The van der Waals surface area contributed by atoms with E-state index in [2.05, 4.69) is 0 Å². The van der Waals surface area contributed by atoms with Gasteiger partial charge in [0.05, 0.1) is 0 Å². The summed E-state index contributed by atoms with van der Waals surface area (Å²) >= 11 is 0. The molecule has 18 heavy (non-hydrogen) atoms. The number of benzene rings is 1. The Morgan fingerprint density at radius 1 is 1.33 bits per heavy atom. The third kappa shape index (κ3) is 2.03. The minimum absolute atomic E-state index is 0.212. The third-order valence-electron chi connectivity index (χ3n) is 3.91. The van der Waals surface area contributed by atoms with Gasteiger partial charge in [-0.2, -0.15) is 0 Å². The van der Waals surface area contributed by atoms with Crippen molar-refractivity contribution >= 4 is 7.60 Å². The van der Waals surface area contributed by atoms with Gasteiger partial charge in [-0.25, -0.2) is 4.39 Å². The van der Waals surface area contributed by atoms with Crippen LogP contribution in [0.2, 0.25) is 0 Å². The maximum Gasteiger partial charge on any atom is 0.338 e. The average molecular weight is 272 g/mol. The molecule has 0 aliphatic heterocycles. The smallest absolute Gasteiger partial charge is 0.324 e. The van der Waals surface area contributed by atoms with Gasteiger partial charge in [0, 0.05) is 0 Å². The van der Waals surface area contributed by atoms with E-state index in [4.69, 9.17) is 0 Å². The van der Waals surface area contributed by atoms with Crippen LogP contribution in [-0.2, 0) is 9.72 Å². The van der Waals surface area contributed by atoms with Gasteiger partial charge in [-0.15, -0.1) is 0 Å². The van der Waals surface area contributed by atoms with Crippen LogP contribution in [0.4, 0.5) is 4.39 Å². The summed E-state index contributed by atoms with van der Waals surface area (Å²) in [6.07, 6.45) is 0.297. The zero-order valence-electron chi connectivity index (χ0n) is 10.3. The predicted molar refractivity (Wildman–Crippen MR) is 68.3 cm³/mol. The normalized spacial score (nSPS) is 29.2. The number of hydrogen-bond donors (Lipinski definition) is 2. The Balaban J connectivity index is 2.63.